The van der Waals surface area contributed by atoms with E-state index in [1.807, 2.05) is 91.0 Å². The molecule has 0 atom stereocenters. The molecule has 0 aliphatic rings. The Bertz CT molecular complexity index is 3130. The van der Waals surface area contributed by atoms with Crippen LogP contribution in [-0.2, 0) is 19.3 Å². The van der Waals surface area contributed by atoms with Crippen LogP contribution in [-0.4, -0.2) is 60.1 Å². The molecule has 0 fully saturated rings. The van der Waals surface area contributed by atoms with Crippen LogP contribution in [0.1, 0.15) is 89.7 Å². The van der Waals surface area contributed by atoms with Crippen LogP contribution in [0.15, 0.2) is 114 Å². The summed E-state index contributed by atoms with van der Waals surface area (Å²) in [5, 5.41) is 22.4. The lowest BCUT2D eigenvalue weighted by Crippen LogP contribution is -1.89. The van der Waals surface area contributed by atoms with Gasteiger partial charge in [0.1, 0.15) is 10.8 Å². The minimum absolute atomic E-state index is 0.231. The molecule has 4 aromatic carbocycles. The van der Waals surface area contributed by atoms with Gasteiger partial charge in [-0.1, -0.05) is 127 Å². The van der Waals surface area contributed by atoms with Crippen LogP contribution in [0.4, 0.5) is 0 Å². The molecule has 10 aromatic rings. The fourth-order valence-electron chi connectivity index (χ4n) is 7.54. The van der Waals surface area contributed by atoms with Gasteiger partial charge >= 0.3 is 0 Å². The van der Waals surface area contributed by atoms with Gasteiger partial charge in [-0.15, -0.1) is 0 Å². The number of nitrogens with zero attached hydrogens (tertiary/aromatic N) is 12. The quantitative estimate of drug-likeness (QED) is 0.0648. The molecule has 17 nitrogen and oxygen atoms in total. The Labute approximate surface area is 394 Å². The summed E-state index contributed by atoms with van der Waals surface area (Å²) in [7, 11) is 0. The van der Waals surface area contributed by atoms with E-state index in [1.165, 1.54) is 18.0 Å². The Kier molecular flexibility index (Phi) is 13.2. The summed E-state index contributed by atoms with van der Waals surface area (Å²) in [6.07, 6.45) is 10.9. The molecule has 0 unspecified atom stereocenters. The maximum absolute atomic E-state index is 5.94. The number of aromatic nitrogens is 12. The van der Waals surface area contributed by atoms with Crippen LogP contribution in [0.25, 0.3) is 102 Å². The summed E-state index contributed by atoms with van der Waals surface area (Å²) >= 11 is 1.38. The first-order valence-electron chi connectivity index (χ1n) is 23.0. The van der Waals surface area contributed by atoms with Gasteiger partial charge in [0.15, 0.2) is 5.82 Å². The first-order valence-corrected chi connectivity index (χ1v) is 23.7. The van der Waals surface area contributed by atoms with Crippen LogP contribution >= 0.6 is 11.5 Å². The lowest BCUT2D eigenvalue weighted by molar-refractivity contribution is 0.375. The second kappa shape index (κ2) is 20.3. The van der Waals surface area contributed by atoms with Crippen molar-refractivity contribution in [2.24, 2.45) is 0 Å². The molecule has 0 aliphatic carbocycles. The van der Waals surface area contributed by atoms with Crippen molar-refractivity contribution in [3.63, 3.8) is 0 Å². The SMILES string of the molecule is CCCCCCc1noc(-c2cccc(-c3noc(-c4cc(-c5nc(-c6cccc(-c7noc(CCCC)n7)c6)no5)cc(-c5nc(-c6cccc(-c7nc(CCCC)ns7)c6)no5)c4)n3)c2)n1. The minimum atomic E-state index is 0.231. The standard InChI is InChI=1S/C50H46N12O5S/c1-4-7-10-11-22-39-51-46(64-57-39)34-19-13-17-32(25-34)44-55-48(66-60-44)37-27-36(47-54-43(59-65-47)31-16-12-15-30(24-31)42-53-41(63-58-42)23-9-6-3)28-38(29-37)49-56-45(61-67-49)33-18-14-20-35(26-33)50-52-40(62-68-50)21-8-5-2/h12-20,24-29H,4-11,21-23H2,1-3H3. The van der Waals surface area contributed by atoms with Gasteiger partial charge in [-0.05, 0) is 73.3 Å². The minimum Gasteiger partial charge on any atom is -0.339 e. The molecule has 68 heavy (non-hydrogen) atoms. The zero-order valence-electron chi connectivity index (χ0n) is 37.8. The van der Waals surface area contributed by atoms with Crippen molar-refractivity contribution in [3.05, 3.63) is 109 Å². The van der Waals surface area contributed by atoms with Crippen LogP contribution in [0.3, 0.4) is 0 Å². The Balaban J connectivity index is 0.968. The Morgan fingerprint density at radius 1 is 0.368 bits per heavy atom. The predicted molar refractivity (Wildman–Crippen MR) is 253 cm³/mol. The highest BCUT2D eigenvalue weighted by Gasteiger charge is 2.22. The number of rotatable bonds is 20. The van der Waals surface area contributed by atoms with E-state index in [2.05, 4.69) is 60.9 Å². The molecule has 6 aromatic heterocycles. The molecule has 0 radical (unpaired) electrons. The maximum Gasteiger partial charge on any atom is 0.258 e. The van der Waals surface area contributed by atoms with Crippen molar-refractivity contribution in [2.75, 3.05) is 0 Å². The highest BCUT2D eigenvalue weighted by molar-refractivity contribution is 7.09. The van der Waals surface area contributed by atoms with E-state index in [9.17, 15) is 0 Å². The molecule has 342 valence electrons. The highest BCUT2D eigenvalue weighted by Crippen LogP contribution is 2.35. The number of benzene rings is 4. The van der Waals surface area contributed by atoms with Gasteiger partial charge in [-0.3, -0.25) is 0 Å². The molecule has 10 rings (SSSR count). The molecular weight excluding hydrogens is 881 g/mol. The number of hydrogen-bond donors (Lipinski definition) is 0. The second-order valence-corrected chi connectivity index (χ2v) is 17.1. The normalized spacial score (nSPS) is 11.5. The van der Waals surface area contributed by atoms with Gasteiger partial charge in [-0.25, -0.2) is 4.98 Å². The first-order chi connectivity index (χ1) is 33.5. The first kappa shape index (κ1) is 44.0. The molecule has 0 saturated carbocycles. The third kappa shape index (κ3) is 9.95. The topological polar surface area (TPSA) is 220 Å². The van der Waals surface area contributed by atoms with Crippen molar-refractivity contribution in [2.45, 2.75) is 91.4 Å². The van der Waals surface area contributed by atoms with Crippen molar-refractivity contribution in [1.82, 2.24) is 60.1 Å². The van der Waals surface area contributed by atoms with Crippen LogP contribution in [0, 0.1) is 0 Å². The number of hydrogen-bond acceptors (Lipinski definition) is 18. The van der Waals surface area contributed by atoms with Crippen molar-refractivity contribution < 1.29 is 22.6 Å². The van der Waals surface area contributed by atoms with E-state index in [4.69, 9.17) is 42.6 Å². The van der Waals surface area contributed by atoms with Gasteiger partial charge in [0.2, 0.25) is 29.2 Å². The Morgan fingerprint density at radius 2 is 0.809 bits per heavy atom. The zero-order valence-corrected chi connectivity index (χ0v) is 38.6. The fraction of sp³-hybridized carbons (Fsp3) is 0.280. The molecular formula is C50H46N12O5S. The van der Waals surface area contributed by atoms with Crippen molar-refractivity contribution in [3.8, 4) is 102 Å². The molecule has 0 amide bonds. The molecule has 6 heterocycles. The molecule has 18 heteroatoms. The fourth-order valence-corrected chi connectivity index (χ4v) is 8.25. The molecule has 0 bridgehead atoms. The highest BCUT2D eigenvalue weighted by atomic mass is 32.1. The van der Waals surface area contributed by atoms with Crippen molar-refractivity contribution in [1.29, 1.82) is 0 Å². The summed E-state index contributed by atoms with van der Waals surface area (Å²) in [5.41, 5.74) is 6.24. The molecule has 0 spiro atoms. The monoisotopic (exact) mass is 926 g/mol. The van der Waals surface area contributed by atoms with Crippen LogP contribution in [0.5, 0.6) is 0 Å². The summed E-state index contributed by atoms with van der Waals surface area (Å²) in [6, 6.07) is 28.6. The van der Waals surface area contributed by atoms with Gasteiger partial charge in [0.05, 0.1) is 0 Å². The Morgan fingerprint density at radius 3 is 1.40 bits per heavy atom. The van der Waals surface area contributed by atoms with Crippen LogP contribution in [0.2, 0.25) is 0 Å². The summed E-state index contributed by atoms with van der Waals surface area (Å²) in [5.74, 6) is 4.88. The molecule has 0 aliphatic heterocycles. The van der Waals surface area contributed by atoms with Crippen molar-refractivity contribution >= 4 is 11.5 Å². The largest absolute Gasteiger partial charge is 0.339 e. The maximum atomic E-state index is 5.94. The van der Waals surface area contributed by atoms with E-state index >= 15 is 0 Å². The summed E-state index contributed by atoms with van der Waals surface area (Å²) in [6.45, 7) is 6.47. The van der Waals surface area contributed by atoms with Gasteiger partial charge in [0.25, 0.3) is 23.6 Å². The molecule has 0 saturated heterocycles. The number of unbranched alkanes of at least 4 members (excludes halogenated alkanes) is 5. The van der Waals surface area contributed by atoms with Crippen LogP contribution < -0.4 is 0 Å². The summed E-state index contributed by atoms with van der Waals surface area (Å²) < 4.78 is 33.5. The third-order valence-electron chi connectivity index (χ3n) is 11.2. The third-order valence-corrected chi connectivity index (χ3v) is 12.0. The van der Waals surface area contributed by atoms with E-state index in [0.717, 1.165) is 97.3 Å². The van der Waals surface area contributed by atoms with Gasteiger partial charge in [0, 0.05) is 69.3 Å². The van der Waals surface area contributed by atoms with Gasteiger partial charge in [-0.2, -0.15) is 29.3 Å². The van der Waals surface area contributed by atoms with E-state index < -0.39 is 0 Å². The average Bonchev–Trinajstić information content (AvgIpc) is 4.25. The van der Waals surface area contributed by atoms with Gasteiger partial charge < -0.3 is 22.6 Å². The second-order valence-electron chi connectivity index (χ2n) is 16.4. The average molecular weight is 927 g/mol. The predicted octanol–water partition coefficient (Wildman–Crippen LogP) is 12.3. The smallest absolute Gasteiger partial charge is 0.258 e. The van der Waals surface area contributed by atoms with E-state index in [0.29, 0.717) is 68.7 Å². The lowest BCUT2D eigenvalue weighted by Gasteiger charge is -2.03. The zero-order chi connectivity index (χ0) is 46.2. The number of aryl methyl sites for hydroxylation is 3. The Hall–Kier alpha value is -7.86. The molecule has 0 N–H and O–H groups in total. The lowest BCUT2D eigenvalue weighted by atomic mass is 10.0. The summed E-state index contributed by atoms with van der Waals surface area (Å²) in [4.78, 5) is 28.5. The van der Waals surface area contributed by atoms with E-state index in [1.54, 1.807) is 0 Å². The van der Waals surface area contributed by atoms with E-state index in [-0.39, 0.29) is 17.7 Å².